The van der Waals surface area contributed by atoms with Gasteiger partial charge in [0.1, 0.15) is 24.4 Å². The number of aliphatic hydroxyl groups is 5. The summed E-state index contributed by atoms with van der Waals surface area (Å²) in [6.07, 6.45) is 23.2. The molecule has 0 aromatic heterocycles. The molecule has 1 amide bonds. The van der Waals surface area contributed by atoms with E-state index in [2.05, 4.69) is 19.2 Å². The Bertz CT molecular complexity index is 736. The number of hydrogen-bond acceptors (Lipinski definition) is 8. The number of rotatable bonds is 30. The second-order valence-corrected chi connectivity index (χ2v) is 13.4. The van der Waals surface area contributed by atoms with E-state index >= 15 is 0 Å². The first kappa shape index (κ1) is 43.0. The zero-order chi connectivity index (χ0) is 33.8. The molecule has 9 nitrogen and oxygen atoms in total. The van der Waals surface area contributed by atoms with E-state index in [9.17, 15) is 30.3 Å². The quantitative estimate of drug-likeness (QED) is 0.0394. The molecular formula is C37H71NO8. The number of carbonyl (C=O) groups is 1. The Morgan fingerprint density at radius 2 is 1.20 bits per heavy atom. The fourth-order valence-electron chi connectivity index (χ4n) is 5.96. The number of nitrogens with one attached hydrogen (secondary N) is 1. The molecule has 0 radical (unpaired) electrons. The summed E-state index contributed by atoms with van der Waals surface area (Å²) < 4.78 is 11.0. The number of hydrogen-bond donors (Lipinski definition) is 6. The van der Waals surface area contributed by atoms with Crippen molar-refractivity contribution in [2.75, 3.05) is 13.2 Å². The van der Waals surface area contributed by atoms with E-state index in [1.807, 2.05) is 6.08 Å². The molecule has 7 atom stereocenters. The molecule has 1 aliphatic heterocycles. The molecule has 1 aliphatic rings. The van der Waals surface area contributed by atoms with Crippen LogP contribution in [0.3, 0.4) is 0 Å². The molecular weight excluding hydrogens is 586 g/mol. The van der Waals surface area contributed by atoms with E-state index in [4.69, 9.17) is 9.47 Å². The SMILES string of the molecule is CCCC/C=C/C(O)C(COC1OC(CO)C(O)C(O)C1O)NC(=O)CCCCCCCCCCCCCCCCCCCCC. The molecule has 9 heteroatoms. The third-order valence-corrected chi connectivity index (χ3v) is 9.11. The number of aliphatic hydroxyl groups excluding tert-OH is 5. The van der Waals surface area contributed by atoms with Gasteiger partial charge < -0.3 is 40.3 Å². The number of amides is 1. The normalized spacial score (nSPS) is 23.2. The van der Waals surface area contributed by atoms with E-state index in [0.717, 1.165) is 38.5 Å². The van der Waals surface area contributed by atoms with Gasteiger partial charge in [-0.2, -0.15) is 0 Å². The zero-order valence-electron chi connectivity index (χ0n) is 29.3. The Labute approximate surface area is 280 Å². The van der Waals surface area contributed by atoms with Gasteiger partial charge in [-0.1, -0.05) is 154 Å². The predicted octanol–water partition coefficient (Wildman–Crippen LogP) is 6.22. The molecule has 0 bridgehead atoms. The average Bonchev–Trinajstić information content (AvgIpc) is 3.05. The molecule has 0 spiro atoms. The van der Waals surface area contributed by atoms with Crippen LogP contribution in [0.1, 0.15) is 162 Å². The van der Waals surface area contributed by atoms with Crippen LogP contribution in [0.15, 0.2) is 12.2 Å². The molecule has 6 N–H and O–H groups in total. The molecule has 0 aliphatic carbocycles. The van der Waals surface area contributed by atoms with Crippen LogP contribution in [0, 0.1) is 0 Å². The molecule has 1 saturated heterocycles. The van der Waals surface area contributed by atoms with Gasteiger partial charge in [0.2, 0.25) is 5.91 Å². The molecule has 0 saturated carbocycles. The summed E-state index contributed by atoms with van der Waals surface area (Å²) in [6.45, 7) is 3.61. The van der Waals surface area contributed by atoms with Gasteiger partial charge in [0, 0.05) is 6.42 Å². The van der Waals surface area contributed by atoms with Crippen LogP contribution in [0.2, 0.25) is 0 Å². The van der Waals surface area contributed by atoms with Crippen molar-refractivity contribution in [2.45, 2.75) is 204 Å². The first-order chi connectivity index (χ1) is 22.3. The molecule has 46 heavy (non-hydrogen) atoms. The van der Waals surface area contributed by atoms with Crippen LogP contribution in [0.5, 0.6) is 0 Å². The highest BCUT2D eigenvalue weighted by molar-refractivity contribution is 5.76. The molecule has 7 unspecified atom stereocenters. The maximum Gasteiger partial charge on any atom is 0.220 e. The van der Waals surface area contributed by atoms with Crippen LogP contribution in [-0.2, 0) is 14.3 Å². The van der Waals surface area contributed by atoms with Gasteiger partial charge in [-0.3, -0.25) is 4.79 Å². The zero-order valence-corrected chi connectivity index (χ0v) is 29.3. The van der Waals surface area contributed by atoms with Crippen molar-refractivity contribution in [2.24, 2.45) is 0 Å². The van der Waals surface area contributed by atoms with Crippen LogP contribution < -0.4 is 5.32 Å². The van der Waals surface area contributed by atoms with Crippen LogP contribution in [0.4, 0.5) is 0 Å². The molecule has 0 aromatic carbocycles. The number of carbonyl (C=O) groups excluding carboxylic acids is 1. The minimum atomic E-state index is -1.56. The monoisotopic (exact) mass is 658 g/mol. The Kier molecular flexibility index (Phi) is 27.0. The van der Waals surface area contributed by atoms with Crippen LogP contribution >= 0.6 is 0 Å². The Morgan fingerprint density at radius 1 is 0.717 bits per heavy atom. The lowest BCUT2D eigenvalue weighted by atomic mass is 9.99. The number of unbranched alkanes of at least 4 members (excludes halogenated alkanes) is 20. The largest absolute Gasteiger partial charge is 0.394 e. The third kappa shape index (κ3) is 20.3. The van der Waals surface area contributed by atoms with E-state index in [1.54, 1.807) is 6.08 Å². The minimum absolute atomic E-state index is 0.185. The maximum atomic E-state index is 12.7. The highest BCUT2D eigenvalue weighted by atomic mass is 16.7. The van der Waals surface area contributed by atoms with Crippen molar-refractivity contribution in [1.29, 1.82) is 0 Å². The summed E-state index contributed by atoms with van der Waals surface area (Å²) in [5.41, 5.74) is 0. The lowest BCUT2D eigenvalue weighted by molar-refractivity contribution is -0.302. The van der Waals surface area contributed by atoms with Gasteiger partial charge in [0.25, 0.3) is 0 Å². The average molecular weight is 658 g/mol. The summed E-state index contributed by atoms with van der Waals surface area (Å²) >= 11 is 0. The van der Waals surface area contributed by atoms with Crippen molar-refractivity contribution in [3.8, 4) is 0 Å². The molecule has 0 aromatic rings. The maximum absolute atomic E-state index is 12.7. The third-order valence-electron chi connectivity index (χ3n) is 9.11. The fourth-order valence-corrected chi connectivity index (χ4v) is 5.96. The Morgan fingerprint density at radius 3 is 1.67 bits per heavy atom. The number of allylic oxidation sites excluding steroid dienone is 1. The van der Waals surface area contributed by atoms with Crippen LogP contribution in [0.25, 0.3) is 0 Å². The van der Waals surface area contributed by atoms with Crippen molar-refractivity contribution >= 4 is 5.91 Å². The molecule has 1 heterocycles. The van der Waals surface area contributed by atoms with Crippen molar-refractivity contribution in [1.82, 2.24) is 5.32 Å². The second-order valence-electron chi connectivity index (χ2n) is 13.4. The van der Waals surface area contributed by atoms with Crippen molar-refractivity contribution < 1.29 is 39.8 Å². The van der Waals surface area contributed by atoms with Crippen molar-refractivity contribution in [3.05, 3.63) is 12.2 Å². The second kappa shape index (κ2) is 28.9. The topological polar surface area (TPSA) is 149 Å². The van der Waals surface area contributed by atoms with Gasteiger partial charge in [0.05, 0.1) is 25.4 Å². The summed E-state index contributed by atoms with van der Waals surface area (Å²) in [5, 5.41) is 53.3. The van der Waals surface area contributed by atoms with Gasteiger partial charge >= 0.3 is 0 Å². The Hall–Kier alpha value is -1.07. The van der Waals surface area contributed by atoms with Crippen molar-refractivity contribution in [3.63, 3.8) is 0 Å². The lowest BCUT2D eigenvalue weighted by Crippen LogP contribution is -2.60. The lowest BCUT2D eigenvalue weighted by Gasteiger charge is -2.40. The highest BCUT2D eigenvalue weighted by Gasteiger charge is 2.44. The van der Waals surface area contributed by atoms with E-state index < -0.39 is 49.5 Å². The molecule has 272 valence electrons. The summed E-state index contributed by atoms with van der Waals surface area (Å²) in [4.78, 5) is 12.7. The molecule has 1 fully saturated rings. The fraction of sp³-hybridized carbons (Fsp3) is 0.919. The summed E-state index contributed by atoms with van der Waals surface area (Å²) in [5.74, 6) is -0.185. The Balaban J connectivity index is 2.22. The van der Waals surface area contributed by atoms with Gasteiger partial charge in [-0.15, -0.1) is 0 Å². The first-order valence-corrected chi connectivity index (χ1v) is 18.9. The van der Waals surface area contributed by atoms with Crippen LogP contribution in [-0.4, -0.2) is 87.5 Å². The van der Waals surface area contributed by atoms with Gasteiger partial charge in [0.15, 0.2) is 6.29 Å². The predicted molar refractivity (Wildman–Crippen MR) is 184 cm³/mol. The van der Waals surface area contributed by atoms with Gasteiger partial charge in [-0.05, 0) is 12.8 Å². The van der Waals surface area contributed by atoms with E-state index in [1.165, 1.54) is 103 Å². The summed E-state index contributed by atoms with van der Waals surface area (Å²) in [7, 11) is 0. The molecule has 1 rings (SSSR count). The first-order valence-electron chi connectivity index (χ1n) is 18.9. The highest BCUT2D eigenvalue weighted by Crippen LogP contribution is 2.22. The van der Waals surface area contributed by atoms with E-state index in [0.29, 0.717) is 6.42 Å². The smallest absolute Gasteiger partial charge is 0.220 e. The number of ether oxygens (including phenoxy) is 2. The van der Waals surface area contributed by atoms with Gasteiger partial charge in [-0.25, -0.2) is 0 Å². The standard InChI is InChI=1S/C37H71NO8/c1-3-5-7-9-10-11-12-13-14-15-16-17-18-19-20-21-22-23-25-27-33(41)38-30(31(40)26-24-8-6-4-2)29-45-37-36(44)35(43)34(42)32(28-39)46-37/h24,26,30-32,34-37,39-40,42-44H,3-23,25,27-29H2,1-2H3,(H,38,41)/b26-24+. The summed E-state index contributed by atoms with van der Waals surface area (Å²) in [6, 6.07) is -0.793. The minimum Gasteiger partial charge on any atom is -0.394 e. The van der Waals surface area contributed by atoms with E-state index in [-0.39, 0.29) is 12.5 Å².